The van der Waals surface area contributed by atoms with Crippen molar-refractivity contribution in [1.29, 1.82) is 0 Å². The Labute approximate surface area is 393 Å². The number of hydrogen-bond acceptors (Lipinski definition) is 6. The summed E-state index contributed by atoms with van der Waals surface area (Å²) in [4.78, 5) is 38.0. The number of esters is 3. The predicted octanol–water partition coefficient (Wildman–Crippen LogP) is 18.5. The van der Waals surface area contributed by atoms with E-state index in [9.17, 15) is 14.4 Å². The van der Waals surface area contributed by atoms with Crippen LogP contribution in [-0.2, 0) is 28.6 Å². The highest BCUT2D eigenvalue weighted by Crippen LogP contribution is 2.18. The topological polar surface area (TPSA) is 78.9 Å². The van der Waals surface area contributed by atoms with Gasteiger partial charge in [-0.2, -0.15) is 0 Å². The molecule has 0 bridgehead atoms. The van der Waals surface area contributed by atoms with Crippen LogP contribution < -0.4 is 0 Å². The highest BCUT2D eigenvalue weighted by Gasteiger charge is 2.19. The Bertz CT molecular complexity index is 962. The van der Waals surface area contributed by atoms with E-state index in [0.29, 0.717) is 19.3 Å². The molecule has 0 heterocycles. The number of hydrogen-bond donors (Lipinski definition) is 0. The molecule has 0 rings (SSSR count). The summed E-state index contributed by atoms with van der Waals surface area (Å²) < 4.78 is 16.9. The van der Waals surface area contributed by atoms with Crippen molar-refractivity contribution in [2.24, 2.45) is 11.8 Å². The van der Waals surface area contributed by atoms with E-state index in [0.717, 1.165) is 69.6 Å². The zero-order chi connectivity index (χ0) is 46.1. The maximum atomic E-state index is 12.8. The van der Waals surface area contributed by atoms with Crippen molar-refractivity contribution < 1.29 is 28.6 Å². The largest absolute Gasteiger partial charge is 0.462 e. The Morgan fingerprint density at radius 1 is 0.302 bits per heavy atom. The second-order valence-corrected chi connectivity index (χ2v) is 20.5. The Balaban J connectivity index is 4.24. The van der Waals surface area contributed by atoms with Crippen LogP contribution in [0.1, 0.15) is 317 Å². The van der Waals surface area contributed by atoms with E-state index in [2.05, 4.69) is 34.6 Å². The van der Waals surface area contributed by atoms with Gasteiger partial charge < -0.3 is 14.2 Å². The zero-order valence-corrected chi connectivity index (χ0v) is 43.2. The summed E-state index contributed by atoms with van der Waals surface area (Å²) in [6.07, 6.45) is 52.3. The third-order valence-electron chi connectivity index (χ3n) is 13.0. The van der Waals surface area contributed by atoms with Crippen molar-refractivity contribution in [3.05, 3.63) is 0 Å². The lowest BCUT2D eigenvalue weighted by Gasteiger charge is -2.18. The first-order valence-corrected chi connectivity index (χ1v) is 28.2. The molecular formula is C57H110O6. The van der Waals surface area contributed by atoms with Crippen LogP contribution in [0.2, 0.25) is 0 Å². The van der Waals surface area contributed by atoms with Gasteiger partial charge in [0.2, 0.25) is 0 Å². The molecule has 0 saturated heterocycles. The van der Waals surface area contributed by atoms with Gasteiger partial charge in [0, 0.05) is 19.3 Å². The summed E-state index contributed by atoms with van der Waals surface area (Å²) >= 11 is 0. The van der Waals surface area contributed by atoms with Crippen LogP contribution in [0.3, 0.4) is 0 Å². The highest BCUT2D eigenvalue weighted by atomic mass is 16.6. The Morgan fingerprint density at radius 3 is 0.778 bits per heavy atom. The Hall–Kier alpha value is -1.59. The van der Waals surface area contributed by atoms with Gasteiger partial charge in [-0.25, -0.2) is 0 Å². The molecule has 0 amide bonds. The lowest BCUT2D eigenvalue weighted by Crippen LogP contribution is -2.30. The molecule has 63 heavy (non-hydrogen) atoms. The van der Waals surface area contributed by atoms with Crippen LogP contribution in [0, 0.1) is 11.8 Å². The number of carbonyl (C=O) groups excluding carboxylic acids is 3. The second kappa shape index (κ2) is 49.8. The molecule has 374 valence electrons. The van der Waals surface area contributed by atoms with Gasteiger partial charge in [0.05, 0.1) is 0 Å². The van der Waals surface area contributed by atoms with Crippen LogP contribution in [0.5, 0.6) is 0 Å². The smallest absolute Gasteiger partial charge is 0.306 e. The molecule has 0 aromatic heterocycles. The summed E-state index contributed by atoms with van der Waals surface area (Å²) in [7, 11) is 0. The van der Waals surface area contributed by atoms with Crippen molar-refractivity contribution >= 4 is 17.9 Å². The van der Waals surface area contributed by atoms with Crippen molar-refractivity contribution in [3.8, 4) is 0 Å². The number of rotatable bonds is 51. The van der Waals surface area contributed by atoms with Crippen molar-refractivity contribution in [2.75, 3.05) is 13.2 Å². The lowest BCUT2D eigenvalue weighted by molar-refractivity contribution is -0.167. The summed E-state index contributed by atoms with van der Waals surface area (Å²) in [5.74, 6) is 0.845. The molecule has 0 aliphatic rings. The third kappa shape index (κ3) is 51.3. The minimum Gasteiger partial charge on any atom is -0.462 e. The molecule has 6 nitrogen and oxygen atoms in total. The van der Waals surface area contributed by atoms with Gasteiger partial charge in [0.1, 0.15) is 13.2 Å². The maximum Gasteiger partial charge on any atom is 0.306 e. The first kappa shape index (κ1) is 61.4. The van der Waals surface area contributed by atoms with E-state index in [1.807, 2.05) is 0 Å². The molecule has 0 fully saturated rings. The summed E-state index contributed by atoms with van der Waals surface area (Å²) in [5, 5.41) is 0. The van der Waals surface area contributed by atoms with E-state index >= 15 is 0 Å². The normalized spacial score (nSPS) is 12.0. The first-order valence-electron chi connectivity index (χ1n) is 28.2. The fraction of sp³-hybridized carbons (Fsp3) is 0.947. The Morgan fingerprint density at radius 2 is 0.524 bits per heavy atom. The number of unbranched alkanes of at least 4 members (excludes halogenated alkanes) is 36. The molecular weight excluding hydrogens is 781 g/mol. The summed E-state index contributed by atoms with van der Waals surface area (Å²) in [5.41, 5.74) is 0. The predicted molar refractivity (Wildman–Crippen MR) is 270 cm³/mol. The highest BCUT2D eigenvalue weighted by molar-refractivity contribution is 5.71. The van der Waals surface area contributed by atoms with E-state index in [-0.39, 0.29) is 31.1 Å². The van der Waals surface area contributed by atoms with Crippen LogP contribution in [0.15, 0.2) is 0 Å². The minimum absolute atomic E-state index is 0.0628. The van der Waals surface area contributed by atoms with Gasteiger partial charge >= 0.3 is 17.9 Å². The average Bonchev–Trinajstić information content (AvgIpc) is 3.25. The van der Waals surface area contributed by atoms with E-state index in [1.165, 1.54) is 205 Å². The van der Waals surface area contributed by atoms with Gasteiger partial charge in [-0.05, 0) is 31.1 Å². The van der Waals surface area contributed by atoms with Crippen molar-refractivity contribution in [3.63, 3.8) is 0 Å². The van der Waals surface area contributed by atoms with Crippen molar-refractivity contribution in [2.45, 2.75) is 323 Å². The Kier molecular flexibility index (Phi) is 48.6. The van der Waals surface area contributed by atoms with Gasteiger partial charge in [-0.3, -0.25) is 14.4 Å². The van der Waals surface area contributed by atoms with Crippen molar-refractivity contribution in [1.82, 2.24) is 0 Å². The SMILES string of the molecule is CCCCCCCCCCCCCC(=O)O[C@H](COC(=O)CCCCCCCCCCCCCCCCCCC(C)C)COC(=O)CCCCCCCCCCCCCCC(C)C. The molecule has 1 atom stereocenters. The molecule has 0 saturated carbocycles. The second-order valence-electron chi connectivity index (χ2n) is 20.5. The van der Waals surface area contributed by atoms with Crippen LogP contribution >= 0.6 is 0 Å². The maximum absolute atomic E-state index is 12.8. The third-order valence-corrected chi connectivity index (χ3v) is 13.0. The molecule has 0 radical (unpaired) electrons. The zero-order valence-electron chi connectivity index (χ0n) is 43.2. The van der Waals surface area contributed by atoms with Gasteiger partial charge in [-0.1, -0.05) is 279 Å². The number of carbonyl (C=O) groups is 3. The molecule has 6 heteroatoms. The minimum atomic E-state index is -0.762. The molecule has 0 aromatic rings. The molecule has 0 aromatic carbocycles. The molecule has 0 aliphatic carbocycles. The molecule has 0 aliphatic heterocycles. The van der Waals surface area contributed by atoms with Crippen LogP contribution in [0.25, 0.3) is 0 Å². The summed E-state index contributed by atoms with van der Waals surface area (Å²) in [6.45, 7) is 11.4. The van der Waals surface area contributed by atoms with Gasteiger partial charge in [0.25, 0.3) is 0 Å². The number of ether oxygens (including phenoxy) is 3. The molecule has 0 spiro atoms. The first-order chi connectivity index (χ1) is 30.7. The monoisotopic (exact) mass is 891 g/mol. The summed E-state index contributed by atoms with van der Waals surface area (Å²) in [6, 6.07) is 0. The van der Waals surface area contributed by atoms with Gasteiger partial charge in [-0.15, -0.1) is 0 Å². The molecule has 0 unspecified atom stereocenters. The fourth-order valence-corrected chi connectivity index (χ4v) is 8.70. The van der Waals surface area contributed by atoms with E-state index in [1.54, 1.807) is 0 Å². The van der Waals surface area contributed by atoms with E-state index < -0.39 is 6.10 Å². The standard InChI is InChI=1S/C57H110O6/c1-6-7-8-9-10-11-20-29-34-39-44-49-57(60)63-54(51-62-56(59)48-43-38-33-28-24-19-18-22-26-31-36-41-46-53(4)5)50-61-55(58)47-42-37-32-27-23-17-15-13-12-14-16-21-25-30-35-40-45-52(2)3/h52-54H,6-51H2,1-5H3/t54-/m1/s1. The average molecular weight is 892 g/mol. The molecule has 0 N–H and O–H groups in total. The van der Waals surface area contributed by atoms with E-state index in [4.69, 9.17) is 14.2 Å². The fourth-order valence-electron chi connectivity index (χ4n) is 8.70. The van der Waals surface area contributed by atoms with Crippen LogP contribution in [-0.4, -0.2) is 37.2 Å². The quantitative estimate of drug-likeness (QED) is 0.0344. The van der Waals surface area contributed by atoms with Gasteiger partial charge in [0.15, 0.2) is 6.10 Å². The van der Waals surface area contributed by atoms with Crippen LogP contribution in [0.4, 0.5) is 0 Å². The lowest BCUT2D eigenvalue weighted by atomic mass is 10.0.